The van der Waals surface area contributed by atoms with E-state index in [0.717, 1.165) is 24.9 Å². The lowest BCUT2D eigenvalue weighted by Gasteiger charge is -2.35. The van der Waals surface area contributed by atoms with E-state index in [1.165, 1.54) is 0 Å². The molecule has 0 radical (unpaired) electrons. The number of hydrogen-bond donors (Lipinski definition) is 2. The van der Waals surface area contributed by atoms with Gasteiger partial charge in [0.25, 0.3) is 5.91 Å². The molecule has 2 rings (SSSR count). The van der Waals surface area contributed by atoms with Crippen LogP contribution in [0.2, 0.25) is 0 Å². The van der Waals surface area contributed by atoms with E-state index >= 15 is 0 Å². The topological polar surface area (TPSA) is 66.6 Å². The van der Waals surface area contributed by atoms with E-state index in [0.29, 0.717) is 17.5 Å². The van der Waals surface area contributed by atoms with E-state index in [1.54, 1.807) is 23.1 Å². The van der Waals surface area contributed by atoms with Gasteiger partial charge in [0.05, 0.1) is 0 Å². The molecule has 4 nitrogen and oxygen atoms in total. The first-order chi connectivity index (χ1) is 8.47. The lowest BCUT2D eigenvalue weighted by molar-refractivity contribution is 0.0733. The molecule has 1 aliphatic carbocycles. The molecule has 1 amide bonds. The molecule has 0 unspecified atom stereocenters. The molecule has 1 saturated carbocycles. The Kier molecular flexibility index (Phi) is 3.57. The number of benzene rings is 1. The van der Waals surface area contributed by atoms with Crippen LogP contribution in [0.5, 0.6) is 5.75 Å². The monoisotopic (exact) mass is 248 g/mol. The summed E-state index contributed by atoms with van der Waals surface area (Å²) in [6, 6.07) is 5.15. The van der Waals surface area contributed by atoms with E-state index in [1.807, 2.05) is 14.0 Å². The number of nitrogens with two attached hydrogens (primary N) is 1. The highest BCUT2D eigenvalue weighted by atomic mass is 16.3. The second-order valence-corrected chi connectivity index (χ2v) is 5.28. The minimum Gasteiger partial charge on any atom is -0.508 e. The Hall–Kier alpha value is -1.55. The predicted octanol–water partition coefficient (Wildman–Crippen LogP) is 1.51. The fraction of sp³-hybridized carbons (Fsp3) is 0.500. The lowest BCUT2D eigenvalue weighted by Crippen LogP contribution is -2.43. The average molecular weight is 248 g/mol. The van der Waals surface area contributed by atoms with Crippen molar-refractivity contribution in [2.45, 2.75) is 25.8 Å². The number of hydrogen-bond acceptors (Lipinski definition) is 3. The van der Waals surface area contributed by atoms with Gasteiger partial charge < -0.3 is 15.7 Å². The first-order valence-corrected chi connectivity index (χ1v) is 6.28. The van der Waals surface area contributed by atoms with Crippen LogP contribution in [-0.4, -0.2) is 35.5 Å². The fourth-order valence-electron chi connectivity index (χ4n) is 2.50. The third-order valence-corrected chi connectivity index (χ3v) is 3.59. The Labute approximate surface area is 107 Å². The molecule has 1 aromatic carbocycles. The Morgan fingerprint density at radius 3 is 2.72 bits per heavy atom. The highest BCUT2D eigenvalue weighted by molar-refractivity contribution is 5.95. The number of phenolic OH excluding ortho intramolecular Hbond substituents is 1. The van der Waals surface area contributed by atoms with Crippen LogP contribution >= 0.6 is 0 Å². The van der Waals surface area contributed by atoms with Crippen molar-refractivity contribution >= 4 is 5.91 Å². The summed E-state index contributed by atoms with van der Waals surface area (Å²) >= 11 is 0. The number of nitrogens with zero attached hydrogens (tertiary/aromatic N) is 1. The molecule has 1 aliphatic rings. The van der Waals surface area contributed by atoms with Gasteiger partial charge in [-0.05, 0) is 49.4 Å². The number of rotatable bonds is 3. The third kappa shape index (κ3) is 2.64. The summed E-state index contributed by atoms with van der Waals surface area (Å²) in [5.74, 6) is 0.732. The van der Waals surface area contributed by atoms with Crippen LogP contribution in [0, 0.1) is 12.8 Å². The molecular weight excluding hydrogens is 228 g/mol. The van der Waals surface area contributed by atoms with Crippen molar-refractivity contribution in [1.82, 2.24) is 4.90 Å². The van der Waals surface area contributed by atoms with Gasteiger partial charge in [-0.15, -0.1) is 0 Å². The van der Waals surface area contributed by atoms with Gasteiger partial charge in [-0.2, -0.15) is 0 Å². The van der Waals surface area contributed by atoms with Crippen molar-refractivity contribution in [1.29, 1.82) is 0 Å². The molecule has 0 aliphatic heterocycles. The highest BCUT2D eigenvalue weighted by Gasteiger charge is 2.28. The van der Waals surface area contributed by atoms with Gasteiger partial charge in [0, 0.05) is 25.2 Å². The van der Waals surface area contributed by atoms with Crippen LogP contribution in [0.25, 0.3) is 0 Å². The zero-order chi connectivity index (χ0) is 13.3. The molecule has 98 valence electrons. The van der Waals surface area contributed by atoms with E-state index in [9.17, 15) is 9.90 Å². The number of aromatic hydroxyl groups is 1. The first-order valence-electron chi connectivity index (χ1n) is 6.28. The maximum absolute atomic E-state index is 12.2. The standard InChI is InChI=1S/C14H20N2O2/c1-9-5-12(17)3-4-13(9)14(18)16(2)8-10-6-11(15)7-10/h3-5,10-11,17H,6-8,15H2,1-2H3. The molecule has 0 saturated heterocycles. The molecule has 3 N–H and O–H groups in total. The largest absolute Gasteiger partial charge is 0.508 e. The summed E-state index contributed by atoms with van der Waals surface area (Å²) in [4.78, 5) is 14.0. The van der Waals surface area contributed by atoms with E-state index < -0.39 is 0 Å². The van der Waals surface area contributed by atoms with Crippen LogP contribution in [0.4, 0.5) is 0 Å². The summed E-state index contributed by atoms with van der Waals surface area (Å²) in [7, 11) is 1.82. The number of phenols is 1. The van der Waals surface area contributed by atoms with Crippen LogP contribution in [0.1, 0.15) is 28.8 Å². The fourth-order valence-corrected chi connectivity index (χ4v) is 2.50. The third-order valence-electron chi connectivity index (χ3n) is 3.59. The van der Waals surface area contributed by atoms with Crippen molar-refractivity contribution in [3.63, 3.8) is 0 Å². The Morgan fingerprint density at radius 1 is 1.50 bits per heavy atom. The normalized spacial score (nSPS) is 22.4. The summed E-state index contributed by atoms with van der Waals surface area (Å²) in [6.07, 6.45) is 2.01. The molecular formula is C14H20N2O2. The van der Waals surface area contributed by atoms with Gasteiger partial charge in [0.2, 0.25) is 0 Å². The van der Waals surface area contributed by atoms with Gasteiger partial charge in [0.1, 0.15) is 5.75 Å². The van der Waals surface area contributed by atoms with Crippen LogP contribution in [0.3, 0.4) is 0 Å². The molecule has 4 heteroatoms. The smallest absolute Gasteiger partial charge is 0.253 e. The molecule has 0 spiro atoms. The lowest BCUT2D eigenvalue weighted by atomic mass is 9.80. The van der Waals surface area contributed by atoms with Gasteiger partial charge in [-0.3, -0.25) is 4.79 Å². The second kappa shape index (κ2) is 4.98. The van der Waals surface area contributed by atoms with Crippen LogP contribution < -0.4 is 5.73 Å². The second-order valence-electron chi connectivity index (χ2n) is 5.28. The molecule has 1 fully saturated rings. The Bertz CT molecular complexity index is 453. The van der Waals surface area contributed by atoms with Crippen molar-refractivity contribution in [3.8, 4) is 5.75 Å². The van der Waals surface area contributed by atoms with Crippen LogP contribution in [0.15, 0.2) is 18.2 Å². The van der Waals surface area contributed by atoms with Crippen molar-refractivity contribution in [2.24, 2.45) is 11.7 Å². The molecule has 18 heavy (non-hydrogen) atoms. The summed E-state index contributed by atoms with van der Waals surface area (Å²) < 4.78 is 0. The van der Waals surface area contributed by atoms with Crippen LogP contribution in [-0.2, 0) is 0 Å². The summed E-state index contributed by atoms with van der Waals surface area (Å²) in [6.45, 7) is 2.59. The van der Waals surface area contributed by atoms with E-state index in [-0.39, 0.29) is 11.7 Å². The Balaban J connectivity index is 2.01. The van der Waals surface area contributed by atoms with E-state index in [2.05, 4.69) is 0 Å². The van der Waals surface area contributed by atoms with Gasteiger partial charge >= 0.3 is 0 Å². The summed E-state index contributed by atoms with van der Waals surface area (Å²) in [5, 5.41) is 9.34. The van der Waals surface area contributed by atoms with Gasteiger partial charge in [-0.1, -0.05) is 0 Å². The zero-order valence-electron chi connectivity index (χ0n) is 10.9. The molecule has 0 atom stereocenters. The number of carbonyl (C=O) groups is 1. The summed E-state index contributed by atoms with van der Waals surface area (Å²) in [5.41, 5.74) is 7.20. The van der Waals surface area contributed by atoms with Gasteiger partial charge in [0.15, 0.2) is 0 Å². The molecule has 0 heterocycles. The quantitative estimate of drug-likeness (QED) is 0.852. The maximum atomic E-state index is 12.2. The molecule has 0 aromatic heterocycles. The molecule has 0 bridgehead atoms. The highest BCUT2D eigenvalue weighted by Crippen LogP contribution is 2.26. The minimum atomic E-state index is 0.00738. The first kappa shape index (κ1) is 12.9. The van der Waals surface area contributed by atoms with Crippen molar-refractivity contribution < 1.29 is 9.90 Å². The number of amides is 1. The SMILES string of the molecule is Cc1cc(O)ccc1C(=O)N(C)CC1CC(N)C1. The van der Waals surface area contributed by atoms with E-state index in [4.69, 9.17) is 5.73 Å². The van der Waals surface area contributed by atoms with Crippen molar-refractivity contribution in [3.05, 3.63) is 29.3 Å². The molecule has 1 aromatic rings. The van der Waals surface area contributed by atoms with Gasteiger partial charge in [-0.25, -0.2) is 0 Å². The zero-order valence-corrected chi connectivity index (χ0v) is 10.9. The minimum absolute atomic E-state index is 0.00738. The predicted molar refractivity (Wildman–Crippen MR) is 70.5 cm³/mol. The van der Waals surface area contributed by atoms with Crippen molar-refractivity contribution in [2.75, 3.05) is 13.6 Å². The number of carbonyl (C=O) groups excluding carboxylic acids is 1. The average Bonchev–Trinajstić information content (AvgIpc) is 2.26. The number of aryl methyl sites for hydroxylation is 1. The maximum Gasteiger partial charge on any atom is 0.253 e. The Morgan fingerprint density at radius 2 is 2.17 bits per heavy atom.